The molecular formula is C16H27ClN2O4S. The first-order chi connectivity index (χ1) is 10.8. The van der Waals surface area contributed by atoms with Crippen molar-refractivity contribution in [2.24, 2.45) is 0 Å². The van der Waals surface area contributed by atoms with Gasteiger partial charge in [-0.2, -0.15) is 0 Å². The summed E-state index contributed by atoms with van der Waals surface area (Å²) in [4.78, 5) is 11.9. The SMILES string of the molecule is CCN[C@H](C)CNC(=O)CCCOc1ccc(S(C)(=O)=O)cc1.Cl. The van der Waals surface area contributed by atoms with E-state index in [9.17, 15) is 13.2 Å². The lowest BCUT2D eigenvalue weighted by molar-refractivity contribution is -0.121. The standard InChI is InChI=1S/C16H26N2O4S.ClH/c1-4-17-13(2)12-18-16(19)6-5-11-22-14-7-9-15(10-8-14)23(3,20)21;/h7-10,13,17H,4-6,11-12H2,1-3H3,(H,18,19);1H/t13-;/m1./s1. The minimum Gasteiger partial charge on any atom is -0.494 e. The maximum atomic E-state index is 11.7. The van der Waals surface area contributed by atoms with Crippen molar-refractivity contribution in [2.75, 3.05) is 26.0 Å². The number of amides is 1. The minimum absolute atomic E-state index is 0. The van der Waals surface area contributed by atoms with E-state index < -0.39 is 9.84 Å². The number of hydrogen-bond acceptors (Lipinski definition) is 5. The van der Waals surface area contributed by atoms with Gasteiger partial charge in [-0.15, -0.1) is 12.4 Å². The zero-order valence-electron chi connectivity index (χ0n) is 14.4. The van der Waals surface area contributed by atoms with Crippen LogP contribution in [-0.2, 0) is 14.6 Å². The van der Waals surface area contributed by atoms with E-state index in [4.69, 9.17) is 4.74 Å². The van der Waals surface area contributed by atoms with Crippen LogP contribution in [0.4, 0.5) is 0 Å². The normalized spacial score (nSPS) is 12.1. The quantitative estimate of drug-likeness (QED) is 0.606. The predicted octanol–water partition coefficient (Wildman–Crippen LogP) is 1.79. The molecule has 0 radical (unpaired) electrons. The highest BCUT2D eigenvalue weighted by Gasteiger charge is 2.07. The number of carbonyl (C=O) groups excluding carboxylic acids is 1. The Morgan fingerprint density at radius 1 is 1.25 bits per heavy atom. The van der Waals surface area contributed by atoms with E-state index in [2.05, 4.69) is 10.6 Å². The third-order valence-electron chi connectivity index (χ3n) is 3.23. The fourth-order valence-corrected chi connectivity index (χ4v) is 2.61. The van der Waals surface area contributed by atoms with Crippen LogP contribution >= 0.6 is 12.4 Å². The third-order valence-corrected chi connectivity index (χ3v) is 4.36. The van der Waals surface area contributed by atoms with Crippen LogP contribution in [-0.4, -0.2) is 46.3 Å². The average Bonchev–Trinajstić information content (AvgIpc) is 2.49. The number of sulfone groups is 1. The summed E-state index contributed by atoms with van der Waals surface area (Å²) in [6.07, 6.45) is 2.17. The molecule has 6 nitrogen and oxygen atoms in total. The number of nitrogens with one attached hydrogen (secondary N) is 2. The summed E-state index contributed by atoms with van der Waals surface area (Å²) < 4.78 is 28.2. The third kappa shape index (κ3) is 9.10. The molecule has 0 heterocycles. The Morgan fingerprint density at radius 2 is 1.88 bits per heavy atom. The topological polar surface area (TPSA) is 84.5 Å². The van der Waals surface area contributed by atoms with Crippen molar-refractivity contribution >= 4 is 28.2 Å². The van der Waals surface area contributed by atoms with Crippen molar-refractivity contribution in [3.63, 3.8) is 0 Å². The van der Waals surface area contributed by atoms with Crippen molar-refractivity contribution in [1.29, 1.82) is 0 Å². The monoisotopic (exact) mass is 378 g/mol. The summed E-state index contributed by atoms with van der Waals surface area (Å²) >= 11 is 0. The van der Waals surface area contributed by atoms with Gasteiger partial charge in [0, 0.05) is 25.3 Å². The van der Waals surface area contributed by atoms with Gasteiger partial charge in [-0.25, -0.2) is 8.42 Å². The van der Waals surface area contributed by atoms with Gasteiger partial charge in [-0.05, 0) is 44.2 Å². The summed E-state index contributed by atoms with van der Waals surface area (Å²) in [6, 6.07) is 6.52. The van der Waals surface area contributed by atoms with Gasteiger partial charge in [0.05, 0.1) is 11.5 Å². The maximum absolute atomic E-state index is 11.7. The van der Waals surface area contributed by atoms with Crippen LogP contribution in [0, 0.1) is 0 Å². The van der Waals surface area contributed by atoms with Gasteiger partial charge in [-0.1, -0.05) is 6.92 Å². The van der Waals surface area contributed by atoms with Gasteiger partial charge in [0.1, 0.15) is 5.75 Å². The summed E-state index contributed by atoms with van der Waals surface area (Å²) in [5.74, 6) is 0.601. The van der Waals surface area contributed by atoms with Crippen LogP contribution in [0.25, 0.3) is 0 Å². The molecule has 8 heteroatoms. The molecule has 1 aromatic rings. The van der Waals surface area contributed by atoms with Crippen molar-refractivity contribution in [3.05, 3.63) is 24.3 Å². The van der Waals surface area contributed by atoms with Crippen molar-refractivity contribution in [3.8, 4) is 5.75 Å². The lowest BCUT2D eigenvalue weighted by Gasteiger charge is -2.13. The highest BCUT2D eigenvalue weighted by Crippen LogP contribution is 2.16. The minimum atomic E-state index is -3.19. The number of carbonyl (C=O) groups is 1. The Morgan fingerprint density at radius 3 is 2.42 bits per heavy atom. The molecule has 2 N–H and O–H groups in total. The van der Waals surface area contributed by atoms with E-state index in [1.54, 1.807) is 12.1 Å². The number of ether oxygens (including phenoxy) is 1. The van der Waals surface area contributed by atoms with Crippen LogP contribution in [0.15, 0.2) is 29.2 Å². The molecule has 0 saturated carbocycles. The zero-order valence-corrected chi connectivity index (χ0v) is 16.0. The molecule has 1 aromatic carbocycles. The summed E-state index contributed by atoms with van der Waals surface area (Å²) in [5.41, 5.74) is 0. The highest BCUT2D eigenvalue weighted by atomic mass is 35.5. The van der Waals surface area contributed by atoms with Crippen LogP contribution in [0.5, 0.6) is 5.75 Å². The second kappa shape index (κ2) is 11.3. The summed E-state index contributed by atoms with van der Waals surface area (Å²) in [7, 11) is -3.19. The molecule has 24 heavy (non-hydrogen) atoms. The number of benzene rings is 1. The molecule has 0 aliphatic carbocycles. The molecule has 1 rings (SSSR count). The molecule has 0 saturated heterocycles. The van der Waals surface area contributed by atoms with Crippen LogP contribution in [0.3, 0.4) is 0 Å². The summed E-state index contributed by atoms with van der Waals surface area (Å²) in [5, 5.41) is 6.09. The first kappa shape index (κ1) is 22.7. The summed E-state index contributed by atoms with van der Waals surface area (Å²) in [6.45, 7) is 5.95. The van der Waals surface area contributed by atoms with Crippen LogP contribution in [0.2, 0.25) is 0 Å². The molecule has 0 unspecified atom stereocenters. The molecule has 0 fully saturated rings. The number of rotatable bonds is 10. The second-order valence-corrected chi connectivity index (χ2v) is 7.47. The fourth-order valence-electron chi connectivity index (χ4n) is 1.98. The first-order valence-corrected chi connectivity index (χ1v) is 9.65. The second-order valence-electron chi connectivity index (χ2n) is 5.46. The van der Waals surface area contributed by atoms with E-state index in [-0.39, 0.29) is 29.3 Å². The Hall–Kier alpha value is -1.31. The fraction of sp³-hybridized carbons (Fsp3) is 0.562. The van der Waals surface area contributed by atoms with Gasteiger partial charge in [0.2, 0.25) is 5.91 Å². The first-order valence-electron chi connectivity index (χ1n) is 7.76. The van der Waals surface area contributed by atoms with Gasteiger partial charge in [0.15, 0.2) is 9.84 Å². The lowest BCUT2D eigenvalue weighted by Crippen LogP contribution is -2.38. The molecule has 1 amide bonds. The van der Waals surface area contributed by atoms with Gasteiger partial charge >= 0.3 is 0 Å². The molecule has 0 aliphatic rings. The highest BCUT2D eigenvalue weighted by molar-refractivity contribution is 7.90. The van der Waals surface area contributed by atoms with E-state index in [0.29, 0.717) is 31.7 Å². The van der Waals surface area contributed by atoms with Crippen molar-refractivity contribution < 1.29 is 17.9 Å². The van der Waals surface area contributed by atoms with Crippen LogP contribution < -0.4 is 15.4 Å². The van der Waals surface area contributed by atoms with Crippen molar-refractivity contribution in [2.45, 2.75) is 37.6 Å². The van der Waals surface area contributed by atoms with E-state index in [1.807, 2.05) is 13.8 Å². The number of likely N-dealkylation sites (N-methyl/N-ethyl adjacent to an activating group) is 1. The van der Waals surface area contributed by atoms with E-state index in [1.165, 1.54) is 18.4 Å². The Labute approximate surface area is 150 Å². The molecular weight excluding hydrogens is 352 g/mol. The lowest BCUT2D eigenvalue weighted by atomic mass is 10.3. The molecule has 0 bridgehead atoms. The van der Waals surface area contributed by atoms with Gasteiger partial charge in [-0.3, -0.25) is 4.79 Å². The Bertz CT molecular complexity index is 591. The van der Waals surface area contributed by atoms with Gasteiger partial charge < -0.3 is 15.4 Å². The maximum Gasteiger partial charge on any atom is 0.220 e. The average molecular weight is 379 g/mol. The Balaban J connectivity index is 0.00000529. The zero-order chi connectivity index (χ0) is 17.3. The smallest absolute Gasteiger partial charge is 0.220 e. The van der Waals surface area contributed by atoms with Crippen molar-refractivity contribution in [1.82, 2.24) is 10.6 Å². The number of halogens is 1. The molecule has 0 aromatic heterocycles. The van der Waals surface area contributed by atoms with E-state index in [0.717, 1.165) is 6.54 Å². The largest absolute Gasteiger partial charge is 0.494 e. The number of hydrogen-bond donors (Lipinski definition) is 2. The molecule has 0 aliphatic heterocycles. The Kier molecular flexibility index (Phi) is 10.7. The molecule has 138 valence electrons. The molecule has 0 spiro atoms. The van der Waals surface area contributed by atoms with Gasteiger partial charge in [0.25, 0.3) is 0 Å². The predicted molar refractivity (Wildman–Crippen MR) is 97.7 cm³/mol. The van der Waals surface area contributed by atoms with E-state index >= 15 is 0 Å². The molecule has 1 atom stereocenters. The van der Waals surface area contributed by atoms with Crippen LogP contribution in [0.1, 0.15) is 26.7 Å².